The number of aromatic nitrogens is 2. The van der Waals surface area contributed by atoms with Gasteiger partial charge in [0.05, 0.1) is 4.70 Å². The van der Waals surface area contributed by atoms with Crippen molar-refractivity contribution >= 4 is 28.2 Å². The van der Waals surface area contributed by atoms with Crippen LogP contribution in [0, 0.1) is 0 Å². The molecule has 0 bridgehead atoms. The summed E-state index contributed by atoms with van der Waals surface area (Å²) in [6.45, 7) is 0. The van der Waals surface area contributed by atoms with Crippen molar-refractivity contribution in [3.8, 4) is 0 Å². The molecule has 2 rings (SSSR count). The van der Waals surface area contributed by atoms with Crippen molar-refractivity contribution in [2.45, 2.75) is 0 Å². The first kappa shape index (κ1) is 8.61. The maximum atomic E-state index is 8.58. The van der Waals surface area contributed by atoms with E-state index in [9.17, 15) is 0 Å². The Balaban J connectivity index is 0.000000213. The van der Waals surface area contributed by atoms with E-state index in [1.165, 1.54) is 11.5 Å². The number of amides is 1. The van der Waals surface area contributed by atoms with Crippen LogP contribution in [0.4, 0.5) is 0 Å². The van der Waals surface area contributed by atoms with E-state index in [-0.39, 0.29) is 6.41 Å². The van der Waals surface area contributed by atoms with Crippen LogP contribution in [-0.4, -0.2) is 16.0 Å². The molecular formula is C7H7N3OS. The van der Waals surface area contributed by atoms with Crippen molar-refractivity contribution < 1.29 is 4.79 Å². The second-order valence-electron chi connectivity index (χ2n) is 1.88. The van der Waals surface area contributed by atoms with Crippen LogP contribution in [0.1, 0.15) is 0 Å². The minimum Gasteiger partial charge on any atom is -0.372 e. The number of fused-ring (bicyclic) bond motifs is 1. The van der Waals surface area contributed by atoms with Gasteiger partial charge in [-0.25, -0.2) is 0 Å². The van der Waals surface area contributed by atoms with Gasteiger partial charge < -0.3 is 5.73 Å². The molecule has 0 radical (unpaired) electrons. The van der Waals surface area contributed by atoms with Crippen molar-refractivity contribution in [3.63, 3.8) is 0 Å². The second-order valence-corrected chi connectivity index (χ2v) is 2.66. The van der Waals surface area contributed by atoms with Gasteiger partial charge in [0.1, 0.15) is 5.52 Å². The zero-order valence-electron chi connectivity index (χ0n) is 6.18. The van der Waals surface area contributed by atoms with E-state index >= 15 is 0 Å². The number of carbonyl (C=O) groups is 1. The first-order chi connectivity index (χ1) is 5.88. The highest BCUT2D eigenvalue weighted by Crippen LogP contribution is 2.12. The molecule has 0 unspecified atom stereocenters. The fourth-order valence-corrected chi connectivity index (χ4v) is 1.28. The molecule has 2 aromatic rings. The van der Waals surface area contributed by atoms with Crippen LogP contribution in [0.5, 0.6) is 0 Å². The number of hydrogen-bond acceptors (Lipinski definition) is 4. The Hall–Kier alpha value is -1.49. The first-order valence-corrected chi connectivity index (χ1v) is 3.98. The van der Waals surface area contributed by atoms with E-state index in [0.717, 1.165) is 10.2 Å². The summed E-state index contributed by atoms with van der Waals surface area (Å²) in [5.41, 5.74) is 5.16. The van der Waals surface area contributed by atoms with Crippen molar-refractivity contribution in [1.82, 2.24) is 9.59 Å². The standard InChI is InChI=1S/C6H4N2S.CH3NO/c1-2-4-6-5(3-1)7-8-9-6;2-1-3/h1-4H;1H,(H2,2,3). The van der Waals surface area contributed by atoms with Crippen LogP contribution in [-0.2, 0) is 4.79 Å². The molecular weight excluding hydrogens is 174 g/mol. The Kier molecular flexibility index (Phi) is 3.16. The average Bonchev–Trinajstić information content (AvgIpc) is 2.52. The third kappa shape index (κ3) is 2.00. The third-order valence-corrected chi connectivity index (χ3v) is 1.86. The van der Waals surface area contributed by atoms with E-state index in [1.54, 1.807) is 0 Å². The molecule has 4 nitrogen and oxygen atoms in total. The van der Waals surface area contributed by atoms with Gasteiger partial charge in [0.15, 0.2) is 0 Å². The predicted octanol–water partition coefficient (Wildman–Crippen LogP) is 0.793. The van der Waals surface area contributed by atoms with Crippen LogP contribution in [0.2, 0.25) is 0 Å². The highest BCUT2D eigenvalue weighted by atomic mass is 32.1. The van der Waals surface area contributed by atoms with Crippen LogP contribution < -0.4 is 5.73 Å². The Bertz CT molecular complexity index is 330. The normalized spacial score (nSPS) is 8.67. The summed E-state index contributed by atoms with van der Waals surface area (Å²) >= 11 is 1.43. The molecule has 5 heteroatoms. The minimum absolute atomic E-state index is 0.250. The van der Waals surface area contributed by atoms with Crippen molar-refractivity contribution in [3.05, 3.63) is 24.3 Å². The van der Waals surface area contributed by atoms with Crippen molar-refractivity contribution in [2.24, 2.45) is 5.73 Å². The summed E-state index contributed by atoms with van der Waals surface area (Å²) < 4.78 is 4.94. The Labute approximate surface area is 73.2 Å². The molecule has 1 aromatic heterocycles. The van der Waals surface area contributed by atoms with Crippen LogP contribution in [0.25, 0.3) is 10.2 Å². The molecule has 62 valence electrons. The van der Waals surface area contributed by atoms with E-state index < -0.39 is 0 Å². The molecule has 12 heavy (non-hydrogen) atoms. The summed E-state index contributed by atoms with van der Waals surface area (Å²) in [7, 11) is 0. The topological polar surface area (TPSA) is 68.9 Å². The summed E-state index contributed by atoms with van der Waals surface area (Å²) in [5, 5.41) is 3.89. The number of carbonyl (C=O) groups excluding carboxylic acids is 1. The van der Waals surface area contributed by atoms with Gasteiger partial charge in [-0.3, -0.25) is 4.79 Å². The van der Waals surface area contributed by atoms with Gasteiger partial charge in [0.25, 0.3) is 0 Å². The number of hydrogen-bond donors (Lipinski definition) is 1. The largest absolute Gasteiger partial charge is 0.372 e. The fourth-order valence-electron chi connectivity index (χ4n) is 0.725. The van der Waals surface area contributed by atoms with E-state index in [2.05, 4.69) is 15.3 Å². The van der Waals surface area contributed by atoms with Crippen LogP contribution in [0.3, 0.4) is 0 Å². The highest BCUT2D eigenvalue weighted by molar-refractivity contribution is 7.12. The monoisotopic (exact) mass is 181 g/mol. The van der Waals surface area contributed by atoms with Crippen LogP contribution in [0.15, 0.2) is 24.3 Å². The molecule has 1 amide bonds. The van der Waals surface area contributed by atoms with Gasteiger partial charge in [-0.05, 0) is 23.7 Å². The molecule has 1 aromatic carbocycles. The average molecular weight is 181 g/mol. The Morgan fingerprint density at radius 3 is 2.75 bits per heavy atom. The van der Waals surface area contributed by atoms with E-state index in [0.29, 0.717) is 0 Å². The molecule has 0 aliphatic carbocycles. The zero-order chi connectivity index (χ0) is 8.81. The minimum atomic E-state index is 0.250. The van der Waals surface area contributed by atoms with Gasteiger partial charge in [-0.15, -0.1) is 5.10 Å². The summed E-state index contributed by atoms with van der Waals surface area (Å²) in [5.74, 6) is 0. The smallest absolute Gasteiger partial charge is 0.204 e. The molecule has 0 saturated carbocycles. The van der Waals surface area contributed by atoms with Gasteiger partial charge in [-0.1, -0.05) is 16.6 Å². The van der Waals surface area contributed by atoms with E-state index in [4.69, 9.17) is 4.79 Å². The molecule has 0 aliphatic rings. The predicted molar refractivity (Wildman–Crippen MR) is 47.7 cm³/mol. The lowest BCUT2D eigenvalue weighted by atomic mass is 10.3. The lowest BCUT2D eigenvalue weighted by Gasteiger charge is -1.78. The maximum absolute atomic E-state index is 8.58. The van der Waals surface area contributed by atoms with Crippen LogP contribution >= 0.6 is 11.5 Å². The highest BCUT2D eigenvalue weighted by Gasteiger charge is 1.91. The van der Waals surface area contributed by atoms with E-state index in [1.807, 2.05) is 24.3 Å². The van der Waals surface area contributed by atoms with Gasteiger partial charge in [0, 0.05) is 0 Å². The number of rotatable bonds is 0. The van der Waals surface area contributed by atoms with Gasteiger partial charge in [-0.2, -0.15) is 0 Å². The summed E-state index contributed by atoms with van der Waals surface area (Å²) in [4.78, 5) is 8.58. The van der Waals surface area contributed by atoms with Crippen molar-refractivity contribution in [2.75, 3.05) is 0 Å². The summed E-state index contributed by atoms with van der Waals surface area (Å²) in [6, 6.07) is 7.92. The quantitative estimate of drug-likeness (QED) is 0.611. The Morgan fingerprint density at radius 2 is 2.08 bits per heavy atom. The molecule has 0 aliphatic heterocycles. The molecule has 0 saturated heterocycles. The Morgan fingerprint density at radius 1 is 1.42 bits per heavy atom. The molecule has 1 heterocycles. The number of primary amides is 1. The maximum Gasteiger partial charge on any atom is 0.204 e. The number of nitrogens with zero attached hydrogens (tertiary/aromatic N) is 2. The lowest BCUT2D eigenvalue weighted by molar-refractivity contribution is -0.106. The van der Waals surface area contributed by atoms with Gasteiger partial charge in [0.2, 0.25) is 6.41 Å². The molecule has 0 fully saturated rings. The van der Waals surface area contributed by atoms with Crippen molar-refractivity contribution in [1.29, 1.82) is 0 Å². The summed E-state index contributed by atoms with van der Waals surface area (Å²) in [6.07, 6.45) is 0.250. The third-order valence-electron chi connectivity index (χ3n) is 1.15. The molecule has 0 atom stereocenters. The zero-order valence-corrected chi connectivity index (χ0v) is 6.99. The molecule has 2 N–H and O–H groups in total. The van der Waals surface area contributed by atoms with Gasteiger partial charge >= 0.3 is 0 Å². The number of benzene rings is 1. The number of nitrogens with two attached hydrogens (primary N) is 1. The fraction of sp³-hybridized carbons (Fsp3) is 0. The first-order valence-electron chi connectivity index (χ1n) is 3.21. The SMILES string of the molecule is NC=O.c1ccc2snnc2c1. The second kappa shape index (κ2) is 4.40. The lowest BCUT2D eigenvalue weighted by Crippen LogP contribution is -1.82. The molecule has 0 spiro atoms.